The van der Waals surface area contributed by atoms with Crippen molar-refractivity contribution in [2.75, 3.05) is 26.0 Å². The average Bonchev–Trinajstić information content (AvgIpc) is 2.16. The van der Waals surface area contributed by atoms with Crippen LogP contribution in [0.1, 0.15) is 13.8 Å². The molecule has 0 spiro atoms. The Hall–Kier alpha value is -0.220. The summed E-state index contributed by atoms with van der Waals surface area (Å²) in [6.45, 7) is 6.07. The van der Waals surface area contributed by atoms with Crippen LogP contribution >= 0.6 is 11.8 Å². The van der Waals surface area contributed by atoms with Crippen molar-refractivity contribution in [2.24, 2.45) is 10.9 Å². The number of ether oxygens (including phenoxy) is 1. The molecule has 1 aliphatic rings. The summed E-state index contributed by atoms with van der Waals surface area (Å²) in [4.78, 5) is 4.43. The number of nitrogens with zero attached hydrogens (tertiary/aromatic N) is 1. The fourth-order valence-corrected chi connectivity index (χ4v) is 1.88. The Balaban J connectivity index is 2.22. The highest BCUT2D eigenvalue weighted by Gasteiger charge is 2.11. The molecule has 0 aromatic carbocycles. The summed E-state index contributed by atoms with van der Waals surface area (Å²) in [7, 11) is 1.73. The van der Waals surface area contributed by atoms with Crippen LogP contribution in [-0.4, -0.2) is 37.2 Å². The van der Waals surface area contributed by atoms with E-state index in [1.807, 2.05) is 18.7 Å². The molecule has 4 heteroatoms. The monoisotopic (exact) mass is 202 g/mol. The molecule has 0 aromatic heterocycles. The number of methoxy groups -OCH3 is 1. The zero-order valence-corrected chi connectivity index (χ0v) is 9.36. The molecular weight excluding hydrogens is 184 g/mol. The zero-order chi connectivity index (χ0) is 9.68. The van der Waals surface area contributed by atoms with Crippen LogP contribution in [0.25, 0.3) is 0 Å². The van der Waals surface area contributed by atoms with Gasteiger partial charge in [-0.3, -0.25) is 4.99 Å². The lowest BCUT2D eigenvalue weighted by Crippen LogP contribution is -2.32. The SMILES string of the molecule is COC(C)CNC1=NCC(C)CS1. The Morgan fingerprint density at radius 2 is 2.54 bits per heavy atom. The van der Waals surface area contributed by atoms with Gasteiger partial charge in [0.15, 0.2) is 5.17 Å². The van der Waals surface area contributed by atoms with Crippen molar-refractivity contribution in [3.05, 3.63) is 0 Å². The molecule has 0 bridgehead atoms. The molecule has 1 aliphatic heterocycles. The Kier molecular flexibility index (Phi) is 4.59. The minimum atomic E-state index is 0.252. The number of thioether (sulfide) groups is 1. The van der Waals surface area contributed by atoms with Crippen molar-refractivity contribution >= 4 is 16.9 Å². The molecule has 76 valence electrons. The molecular formula is C9H18N2OS. The first kappa shape index (κ1) is 10.9. The van der Waals surface area contributed by atoms with Crippen LogP contribution < -0.4 is 5.32 Å². The van der Waals surface area contributed by atoms with Gasteiger partial charge in [-0.15, -0.1) is 0 Å². The molecule has 1 rings (SSSR count). The van der Waals surface area contributed by atoms with Crippen molar-refractivity contribution in [1.29, 1.82) is 0 Å². The van der Waals surface area contributed by atoms with Crippen molar-refractivity contribution in [3.8, 4) is 0 Å². The largest absolute Gasteiger partial charge is 0.380 e. The molecule has 2 unspecified atom stereocenters. The molecule has 2 atom stereocenters. The third-order valence-electron chi connectivity index (χ3n) is 1.99. The van der Waals surface area contributed by atoms with Crippen LogP contribution in [0.15, 0.2) is 4.99 Å². The van der Waals surface area contributed by atoms with E-state index >= 15 is 0 Å². The highest BCUT2D eigenvalue weighted by molar-refractivity contribution is 8.13. The van der Waals surface area contributed by atoms with Gasteiger partial charge in [-0.2, -0.15) is 0 Å². The van der Waals surface area contributed by atoms with Crippen molar-refractivity contribution in [1.82, 2.24) is 5.32 Å². The number of rotatable bonds is 3. The van der Waals surface area contributed by atoms with Crippen LogP contribution in [0.4, 0.5) is 0 Å². The second-order valence-corrected chi connectivity index (χ2v) is 4.50. The second kappa shape index (κ2) is 5.50. The quantitative estimate of drug-likeness (QED) is 0.750. The minimum Gasteiger partial charge on any atom is -0.380 e. The van der Waals surface area contributed by atoms with E-state index < -0.39 is 0 Å². The van der Waals surface area contributed by atoms with Crippen LogP contribution in [-0.2, 0) is 4.74 Å². The summed E-state index contributed by atoms with van der Waals surface area (Å²) in [5.74, 6) is 1.89. The second-order valence-electron chi connectivity index (χ2n) is 3.49. The minimum absolute atomic E-state index is 0.252. The van der Waals surface area contributed by atoms with Gasteiger partial charge in [0.05, 0.1) is 6.10 Å². The lowest BCUT2D eigenvalue weighted by Gasteiger charge is -2.19. The number of amidine groups is 1. The maximum atomic E-state index is 5.14. The molecule has 0 saturated carbocycles. The first-order chi connectivity index (χ1) is 6.22. The molecule has 3 nitrogen and oxygen atoms in total. The third kappa shape index (κ3) is 4.00. The van der Waals surface area contributed by atoms with Crippen LogP contribution in [0.2, 0.25) is 0 Å². The van der Waals surface area contributed by atoms with E-state index in [-0.39, 0.29) is 6.10 Å². The fourth-order valence-electron chi connectivity index (χ4n) is 0.980. The van der Waals surface area contributed by atoms with Crippen LogP contribution in [0.3, 0.4) is 0 Å². The molecule has 13 heavy (non-hydrogen) atoms. The predicted molar refractivity (Wildman–Crippen MR) is 58.4 cm³/mol. The van der Waals surface area contributed by atoms with Crippen molar-refractivity contribution < 1.29 is 4.74 Å². The molecule has 1 heterocycles. The zero-order valence-electron chi connectivity index (χ0n) is 8.54. The predicted octanol–water partition coefficient (Wildman–Crippen LogP) is 1.35. The third-order valence-corrected chi connectivity index (χ3v) is 3.28. The van der Waals surface area contributed by atoms with Gasteiger partial charge in [0, 0.05) is 26.0 Å². The lowest BCUT2D eigenvalue weighted by atomic mass is 10.2. The Morgan fingerprint density at radius 3 is 3.08 bits per heavy atom. The van der Waals surface area contributed by atoms with Gasteiger partial charge in [-0.25, -0.2) is 0 Å². The van der Waals surface area contributed by atoms with Gasteiger partial charge in [0.2, 0.25) is 0 Å². The summed E-state index contributed by atoms with van der Waals surface area (Å²) < 4.78 is 5.14. The van der Waals surface area contributed by atoms with E-state index in [0.717, 1.165) is 24.2 Å². The number of hydrogen-bond donors (Lipinski definition) is 1. The maximum absolute atomic E-state index is 5.14. The lowest BCUT2D eigenvalue weighted by molar-refractivity contribution is 0.121. The highest BCUT2D eigenvalue weighted by Crippen LogP contribution is 2.15. The van der Waals surface area contributed by atoms with Crippen molar-refractivity contribution in [2.45, 2.75) is 20.0 Å². The van der Waals surface area contributed by atoms with E-state index in [1.165, 1.54) is 5.75 Å². The van der Waals surface area contributed by atoms with Gasteiger partial charge in [-0.05, 0) is 12.8 Å². The maximum Gasteiger partial charge on any atom is 0.156 e. The van der Waals surface area contributed by atoms with E-state index in [1.54, 1.807) is 7.11 Å². The summed E-state index contributed by atoms with van der Waals surface area (Å²) >= 11 is 1.81. The van der Waals surface area contributed by atoms with Gasteiger partial charge in [0.1, 0.15) is 0 Å². The molecule has 0 radical (unpaired) electrons. The molecule has 0 amide bonds. The van der Waals surface area contributed by atoms with Gasteiger partial charge >= 0.3 is 0 Å². The summed E-state index contributed by atoms with van der Waals surface area (Å²) in [6.07, 6.45) is 0.252. The Morgan fingerprint density at radius 1 is 1.77 bits per heavy atom. The van der Waals surface area contributed by atoms with E-state index in [4.69, 9.17) is 4.74 Å². The molecule has 0 fully saturated rings. The summed E-state index contributed by atoms with van der Waals surface area (Å²) in [5, 5.41) is 4.35. The number of nitrogens with one attached hydrogen (secondary N) is 1. The Labute approximate surface area is 84.3 Å². The summed E-state index contributed by atoms with van der Waals surface area (Å²) in [6, 6.07) is 0. The van der Waals surface area contributed by atoms with Gasteiger partial charge < -0.3 is 10.1 Å². The van der Waals surface area contributed by atoms with Crippen LogP contribution in [0.5, 0.6) is 0 Å². The summed E-state index contributed by atoms with van der Waals surface area (Å²) in [5.41, 5.74) is 0. The van der Waals surface area contributed by atoms with Crippen LogP contribution in [0, 0.1) is 5.92 Å². The first-order valence-corrected chi connectivity index (χ1v) is 5.65. The normalized spacial score (nSPS) is 25.2. The number of hydrogen-bond acceptors (Lipinski definition) is 4. The van der Waals surface area contributed by atoms with Gasteiger partial charge in [0.25, 0.3) is 0 Å². The van der Waals surface area contributed by atoms with E-state index in [2.05, 4.69) is 17.2 Å². The topological polar surface area (TPSA) is 33.6 Å². The molecule has 0 aliphatic carbocycles. The van der Waals surface area contributed by atoms with Gasteiger partial charge in [-0.1, -0.05) is 18.7 Å². The van der Waals surface area contributed by atoms with Crippen molar-refractivity contribution in [3.63, 3.8) is 0 Å². The smallest absolute Gasteiger partial charge is 0.156 e. The average molecular weight is 202 g/mol. The fraction of sp³-hybridized carbons (Fsp3) is 0.889. The van der Waals surface area contributed by atoms with E-state index in [0.29, 0.717) is 0 Å². The molecule has 1 N–H and O–H groups in total. The molecule has 0 saturated heterocycles. The number of aliphatic imine (C=N–C) groups is 1. The highest BCUT2D eigenvalue weighted by atomic mass is 32.2. The Bertz CT molecular complexity index is 184. The first-order valence-electron chi connectivity index (χ1n) is 4.66. The van der Waals surface area contributed by atoms with E-state index in [9.17, 15) is 0 Å². The standard InChI is InChI=1S/C9H18N2OS/c1-7-4-10-9(13-6-7)11-5-8(2)12-3/h7-8H,4-6H2,1-3H3,(H,10,11). The molecule has 0 aromatic rings.